The van der Waals surface area contributed by atoms with Gasteiger partial charge in [-0.05, 0) is 24.3 Å². The molecular weight excluding hydrogens is 374 g/mol. The van der Waals surface area contributed by atoms with E-state index in [0.29, 0.717) is 6.42 Å². The number of benzene rings is 2. The second kappa shape index (κ2) is 8.87. The van der Waals surface area contributed by atoms with Gasteiger partial charge in [0.05, 0.1) is 36.4 Å². The summed E-state index contributed by atoms with van der Waals surface area (Å²) < 4.78 is 1.26. The van der Waals surface area contributed by atoms with E-state index in [-0.39, 0.29) is 5.91 Å². The van der Waals surface area contributed by atoms with Gasteiger partial charge in [0.2, 0.25) is 5.91 Å². The number of fused-ring (bicyclic) bond motifs is 1. The van der Waals surface area contributed by atoms with Gasteiger partial charge in [0.25, 0.3) is 0 Å². The molecule has 1 saturated heterocycles. The predicted molar refractivity (Wildman–Crippen MR) is 112 cm³/mol. The van der Waals surface area contributed by atoms with Gasteiger partial charge < -0.3 is 9.80 Å². The number of hydrogen-bond acceptors (Lipinski definition) is 4. The molecule has 1 fully saturated rings. The molecule has 3 aromatic rings. The predicted octanol–water partition coefficient (Wildman–Crippen LogP) is 2.71. The fraction of sp³-hybridized carbons (Fsp3) is 0.333. The lowest BCUT2D eigenvalue weighted by Crippen LogP contribution is -3.13. The first-order valence-electron chi connectivity index (χ1n) is 9.41. The Bertz CT molecular complexity index is 856. The molecule has 2 heterocycles. The molecule has 1 aromatic heterocycles. The summed E-state index contributed by atoms with van der Waals surface area (Å²) in [5, 5.41) is 1.20. The summed E-state index contributed by atoms with van der Waals surface area (Å²) in [5.74, 6) is 1.14. The van der Waals surface area contributed by atoms with Gasteiger partial charge in [0.1, 0.15) is 11.6 Å². The normalized spacial score (nSPS) is 15.3. The number of nitrogens with one attached hydrogen (secondary N) is 1. The van der Waals surface area contributed by atoms with Crippen LogP contribution in [0.3, 0.4) is 0 Å². The van der Waals surface area contributed by atoms with E-state index in [0.717, 1.165) is 44.0 Å². The molecule has 0 atom stereocenters. The molecule has 0 unspecified atom stereocenters. The van der Waals surface area contributed by atoms with Crippen LogP contribution in [0.1, 0.15) is 11.4 Å². The molecular formula is C21H24N3OS2+. The minimum atomic E-state index is 0.289. The van der Waals surface area contributed by atoms with Crippen LogP contribution in [-0.2, 0) is 11.3 Å². The minimum absolute atomic E-state index is 0.289. The Morgan fingerprint density at radius 2 is 1.81 bits per heavy atom. The Labute approximate surface area is 168 Å². The summed E-state index contributed by atoms with van der Waals surface area (Å²) in [5.41, 5.74) is 1.10. The first-order valence-corrected chi connectivity index (χ1v) is 11.2. The molecule has 2 aromatic carbocycles. The van der Waals surface area contributed by atoms with Gasteiger partial charge in [-0.1, -0.05) is 30.3 Å². The summed E-state index contributed by atoms with van der Waals surface area (Å²) in [6, 6.07) is 18.6. The highest BCUT2D eigenvalue weighted by Crippen LogP contribution is 2.21. The molecule has 6 heteroatoms. The van der Waals surface area contributed by atoms with Crippen LogP contribution in [0, 0.1) is 0 Å². The Kier molecular flexibility index (Phi) is 6.07. The van der Waals surface area contributed by atoms with Crippen molar-refractivity contribution in [2.75, 3.05) is 31.9 Å². The fourth-order valence-corrected chi connectivity index (χ4v) is 5.29. The highest BCUT2D eigenvalue weighted by atomic mass is 32.2. The first-order chi connectivity index (χ1) is 13.3. The third-order valence-corrected chi connectivity index (χ3v) is 6.94. The van der Waals surface area contributed by atoms with Gasteiger partial charge in [0, 0.05) is 17.1 Å². The Morgan fingerprint density at radius 1 is 1.07 bits per heavy atom. The molecule has 0 bridgehead atoms. The average molecular weight is 399 g/mol. The van der Waals surface area contributed by atoms with Crippen LogP contribution < -0.4 is 4.90 Å². The average Bonchev–Trinajstić information content (AvgIpc) is 3.11. The number of para-hydroxylation sites is 1. The first kappa shape index (κ1) is 18.5. The van der Waals surface area contributed by atoms with Crippen molar-refractivity contribution in [3.05, 3.63) is 59.6 Å². The lowest BCUT2D eigenvalue weighted by Gasteiger charge is -2.31. The van der Waals surface area contributed by atoms with E-state index in [1.165, 1.54) is 19.5 Å². The maximum atomic E-state index is 12.5. The molecule has 1 N–H and O–H groups in total. The standard InChI is InChI=1S/C21H23N3OS2/c25-21(10-15-26-17-6-2-1-3-7-17)24-13-11-23(12-14-24)16-20-22-18-8-4-5-9-19(18)27-20/h1-9H,10-16H2/p+1. The number of thiazole rings is 1. The Morgan fingerprint density at radius 3 is 2.59 bits per heavy atom. The van der Waals surface area contributed by atoms with Crippen LogP contribution in [0.4, 0.5) is 0 Å². The van der Waals surface area contributed by atoms with Crippen LogP contribution in [0.5, 0.6) is 0 Å². The molecule has 140 valence electrons. The SMILES string of the molecule is O=C(CCSc1ccccc1)N1CC[NH+](Cc2nc3ccccc3s2)CC1. The fourth-order valence-electron chi connectivity index (χ4n) is 3.39. The number of thioether (sulfide) groups is 1. The second-order valence-corrected chi connectivity index (χ2v) is 9.08. The van der Waals surface area contributed by atoms with E-state index >= 15 is 0 Å². The Balaban J connectivity index is 1.21. The Hall–Kier alpha value is -1.89. The van der Waals surface area contributed by atoms with Crippen LogP contribution in [0.15, 0.2) is 59.5 Å². The topological polar surface area (TPSA) is 37.6 Å². The van der Waals surface area contributed by atoms with Crippen molar-refractivity contribution in [3.8, 4) is 0 Å². The number of amides is 1. The van der Waals surface area contributed by atoms with Crippen LogP contribution in [0.25, 0.3) is 10.2 Å². The van der Waals surface area contributed by atoms with Crippen molar-refractivity contribution < 1.29 is 9.69 Å². The van der Waals surface area contributed by atoms with E-state index in [9.17, 15) is 4.79 Å². The maximum absolute atomic E-state index is 12.5. The molecule has 4 rings (SSSR count). The molecule has 1 aliphatic heterocycles. The maximum Gasteiger partial charge on any atom is 0.223 e. The largest absolute Gasteiger partial charge is 0.331 e. The van der Waals surface area contributed by atoms with E-state index in [1.807, 2.05) is 29.2 Å². The van der Waals surface area contributed by atoms with Crippen molar-refractivity contribution in [2.24, 2.45) is 0 Å². The molecule has 27 heavy (non-hydrogen) atoms. The molecule has 0 radical (unpaired) electrons. The number of quaternary nitrogens is 1. The van der Waals surface area contributed by atoms with E-state index in [4.69, 9.17) is 4.98 Å². The van der Waals surface area contributed by atoms with Gasteiger partial charge in [-0.15, -0.1) is 23.1 Å². The van der Waals surface area contributed by atoms with Crippen LogP contribution >= 0.6 is 23.1 Å². The smallest absolute Gasteiger partial charge is 0.223 e. The highest BCUT2D eigenvalue weighted by Gasteiger charge is 2.24. The van der Waals surface area contributed by atoms with Crippen molar-refractivity contribution in [2.45, 2.75) is 17.9 Å². The van der Waals surface area contributed by atoms with Crippen molar-refractivity contribution >= 4 is 39.2 Å². The lowest BCUT2D eigenvalue weighted by atomic mass is 10.3. The van der Waals surface area contributed by atoms with Crippen molar-refractivity contribution in [1.82, 2.24) is 9.88 Å². The second-order valence-electron chi connectivity index (χ2n) is 6.79. The van der Waals surface area contributed by atoms with Gasteiger partial charge in [-0.3, -0.25) is 4.79 Å². The number of nitrogens with zero attached hydrogens (tertiary/aromatic N) is 2. The molecule has 4 nitrogen and oxygen atoms in total. The zero-order valence-electron chi connectivity index (χ0n) is 15.3. The summed E-state index contributed by atoms with van der Waals surface area (Å²) >= 11 is 3.55. The summed E-state index contributed by atoms with van der Waals surface area (Å²) in [6.45, 7) is 4.69. The van der Waals surface area contributed by atoms with Crippen LogP contribution in [-0.4, -0.2) is 47.7 Å². The lowest BCUT2D eigenvalue weighted by molar-refractivity contribution is -0.917. The summed E-state index contributed by atoms with van der Waals surface area (Å²) in [7, 11) is 0. The number of carbonyl (C=O) groups excluding carboxylic acids is 1. The minimum Gasteiger partial charge on any atom is -0.331 e. The zero-order chi connectivity index (χ0) is 18.5. The number of hydrogen-bond donors (Lipinski definition) is 1. The number of aromatic nitrogens is 1. The molecule has 1 amide bonds. The quantitative estimate of drug-likeness (QED) is 0.649. The summed E-state index contributed by atoms with van der Waals surface area (Å²) in [6.07, 6.45) is 0.618. The zero-order valence-corrected chi connectivity index (χ0v) is 16.9. The van der Waals surface area contributed by atoms with Crippen molar-refractivity contribution in [3.63, 3.8) is 0 Å². The van der Waals surface area contributed by atoms with Gasteiger partial charge in [-0.2, -0.15) is 0 Å². The van der Waals surface area contributed by atoms with E-state index in [1.54, 1.807) is 23.1 Å². The van der Waals surface area contributed by atoms with Gasteiger partial charge in [-0.25, -0.2) is 4.98 Å². The van der Waals surface area contributed by atoms with E-state index < -0.39 is 0 Å². The molecule has 0 saturated carbocycles. The third-order valence-electron chi connectivity index (χ3n) is 4.89. The summed E-state index contributed by atoms with van der Waals surface area (Å²) in [4.78, 5) is 22.0. The molecule has 1 aliphatic rings. The third kappa shape index (κ3) is 4.89. The highest BCUT2D eigenvalue weighted by molar-refractivity contribution is 7.99. The van der Waals surface area contributed by atoms with Gasteiger partial charge >= 0.3 is 0 Å². The molecule has 0 aliphatic carbocycles. The number of carbonyl (C=O) groups is 1. The molecule has 0 spiro atoms. The number of rotatable bonds is 6. The van der Waals surface area contributed by atoms with Gasteiger partial charge in [0.15, 0.2) is 0 Å². The van der Waals surface area contributed by atoms with Crippen molar-refractivity contribution in [1.29, 1.82) is 0 Å². The van der Waals surface area contributed by atoms with Crippen LogP contribution in [0.2, 0.25) is 0 Å². The number of piperazine rings is 1. The monoisotopic (exact) mass is 398 g/mol. The van der Waals surface area contributed by atoms with E-state index in [2.05, 4.69) is 30.3 Å².